The van der Waals surface area contributed by atoms with Crippen LogP contribution in [0, 0.1) is 5.41 Å². The van der Waals surface area contributed by atoms with E-state index >= 15 is 0 Å². The van der Waals surface area contributed by atoms with Gasteiger partial charge in [-0.2, -0.15) is 0 Å². The number of ether oxygens (including phenoxy) is 1. The van der Waals surface area contributed by atoms with Crippen molar-refractivity contribution >= 4 is 23.7 Å². The van der Waals surface area contributed by atoms with Crippen molar-refractivity contribution in [2.75, 3.05) is 38.6 Å². The van der Waals surface area contributed by atoms with Crippen LogP contribution in [0.3, 0.4) is 0 Å². The Morgan fingerprint density at radius 1 is 1.45 bits per heavy atom. The van der Waals surface area contributed by atoms with E-state index in [-0.39, 0.29) is 4.87 Å². The number of benzene rings is 1. The molecule has 2 atom stereocenters. The highest BCUT2D eigenvalue weighted by atomic mass is 32.2. The average Bonchev–Trinajstić information content (AvgIpc) is 3.25. The highest BCUT2D eigenvalue weighted by Gasteiger charge is 2.59. The fraction of sp³-hybridized carbons (Fsp3) is 0.500. The van der Waals surface area contributed by atoms with Gasteiger partial charge in [0.05, 0.1) is 23.3 Å². The first kappa shape index (κ1) is 13.9. The molecule has 2 fully saturated rings. The van der Waals surface area contributed by atoms with Crippen LogP contribution in [-0.2, 0) is 4.74 Å². The molecule has 3 rings (SSSR count). The van der Waals surface area contributed by atoms with Crippen LogP contribution < -0.4 is 11.5 Å². The Morgan fingerprint density at radius 2 is 2.20 bits per heavy atom. The standard InChI is InChI=1S/C14H20N4OS/c15-8-11-7-10(1-2-12(11)17)13-14(9-16,20-13)18-3-5-19-6-4-18/h1-2,7-8,13,15H,3-6,9,16-17H2. The summed E-state index contributed by atoms with van der Waals surface area (Å²) < 4.78 is 5.42. The zero-order valence-corrected chi connectivity index (χ0v) is 12.2. The molecule has 2 unspecified atom stereocenters. The van der Waals surface area contributed by atoms with Crippen LogP contribution in [0.5, 0.6) is 0 Å². The Labute approximate surface area is 123 Å². The van der Waals surface area contributed by atoms with E-state index in [9.17, 15) is 0 Å². The summed E-state index contributed by atoms with van der Waals surface area (Å²) in [6.45, 7) is 4.07. The maximum absolute atomic E-state index is 7.42. The highest BCUT2D eigenvalue weighted by Crippen LogP contribution is 2.66. The van der Waals surface area contributed by atoms with Crippen molar-refractivity contribution in [3.05, 3.63) is 29.3 Å². The van der Waals surface area contributed by atoms with Crippen LogP contribution in [0.15, 0.2) is 18.2 Å². The molecule has 6 heteroatoms. The summed E-state index contributed by atoms with van der Waals surface area (Å²) in [5.41, 5.74) is 14.5. The van der Waals surface area contributed by atoms with Crippen LogP contribution in [0.4, 0.5) is 5.69 Å². The molecule has 2 heterocycles. The lowest BCUT2D eigenvalue weighted by Gasteiger charge is -2.33. The van der Waals surface area contributed by atoms with E-state index in [1.165, 1.54) is 11.8 Å². The molecular weight excluding hydrogens is 272 g/mol. The number of nitrogen functional groups attached to an aromatic ring is 1. The first-order valence-corrected chi connectivity index (χ1v) is 7.70. The quantitative estimate of drug-likeness (QED) is 0.438. The van der Waals surface area contributed by atoms with Crippen molar-refractivity contribution in [1.29, 1.82) is 5.41 Å². The topological polar surface area (TPSA) is 88.4 Å². The molecule has 2 aliphatic heterocycles. The van der Waals surface area contributed by atoms with E-state index in [0.717, 1.165) is 31.9 Å². The Balaban J connectivity index is 1.83. The predicted molar refractivity (Wildman–Crippen MR) is 83.2 cm³/mol. The van der Waals surface area contributed by atoms with Gasteiger partial charge >= 0.3 is 0 Å². The summed E-state index contributed by atoms with van der Waals surface area (Å²) in [5.74, 6) is 0. The van der Waals surface area contributed by atoms with E-state index in [2.05, 4.69) is 11.0 Å². The smallest absolute Gasteiger partial charge is 0.0964 e. The van der Waals surface area contributed by atoms with Gasteiger partial charge in [0.25, 0.3) is 0 Å². The van der Waals surface area contributed by atoms with Gasteiger partial charge in [-0.1, -0.05) is 6.07 Å². The van der Waals surface area contributed by atoms with Crippen molar-refractivity contribution in [2.45, 2.75) is 10.1 Å². The van der Waals surface area contributed by atoms with Gasteiger partial charge in [0.15, 0.2) is 0 Å². The number of hydrogen-bond donors (Lipinski definition) is 3. The number of nitrogens with two attached hydrogens (primary N) is 2. The maximum Gasteiger partial charge on any atom is 0.0964 e. The second-order valence-electron chi connectivity index (χ2n) is 5.18. The van der Waals surface area contributed by atoms with Gasteiger partial charge in [-0.3, -0.25) is 4.90 Å². The molecule has 5 N–H and O–H groups in total. The normalized spacial score (nSPS) is 30.1. The molecule has 0 amide bonds. The number of thioether (sulfide) groups is 1. The van der Waals surface area contributed by atoms with E-state index in [1.807, 2.05) is 23.9 Å². The van der Waals surface area contributed by atoms with Crippen molar-refractivity contribution < 1.29 is 4.74 Å². The first-order chi connectivity index (χ1) is 9.71. The largest absolute Gasteiger partial charge is 0.398 e. The number of rotatable bonds is 4. The van der Waals surface area contributed by atoms with Crippen molar-refractivity contribution in [1.82, 2.24) is 4.90 Å². The molecule has 2 saturated heterocycles. The van der Waals surface area contributed by atoms with Crippen LogP contribution in [0.25, 0.3) is 0 Å². The average molecular weight is 292 g/mol. The number of anilines is 1. The first-order valence-electron chi connectivity index (χ1n) is 6.82. The van der Waals surface area contributed by atoms with Crippen LogP contribution in [0.2, 0.25) is 0 Å². The number of nitrogens with one attached hydrogen (secondary N) is 1. The molecule has 20 heavy (non-hydrogen) atoms. The van der Waals surface area contributed by atoms with Gasteiger partial charge in [0.2, 0.25) is 0 Å². The Hall–Kier alpha value is -1.08. The zero-order chi connectivity index (χ0) is 14.2. The zero-order valence-electron chi connectivity index (χ0n) is 11.3. The lowest BCUT2D eigenvalue weighted by Crippen LogP contribution is -2.49. The summed E-state index contributed by atoms with van der Waals surface area (Å²) in [5, 5.41) is 7.78. The van der Waals surface area contributed by atoms with Crippen molar-refractivity contribution in [2.24, 2.45) is 5.73 Å². The van der Waals surface area contributed by atoms with Gasteiger partial charge in [-0.05, 0) is 17.7 Å². The summed E-state index contributed by atoms with van der Waals surface area (Å²) in [4.78, 5) is 2.44. The fourth-order valence-electron chi connectivity index (χ4n) is 2.85. The minimum atomic E-state index is -0.000801. The van der Waals surface area contributed by atoms with Crippen molar-refractivity contribution in [3.63, 3.8) is 0 Å². The van der Waals surface area contributed by atoms with Crippen molar-refractivity contribution in [3.8, 4) is 0 Å². The summed E-state index contributed by atoms with van der Waals surface area (Å²) in [7, 11) is 0. The minimum absolute atomic E-state index is 0.000801. The van der Waals surface area contributed by atoms with Gasteiger partial charge in [0, 0.05) is 37.1 Å². The lowest BCUT2D eigenvalue weighted by molar-refractivity contribution is 0.0170. The molecule has 1 aromatic rings. The molecule has 0 saturated carbocycles. The third-order valence-electron chi connectivity index (χ3n) is 4.08. The minimum Gasteiger partial charge on any atom is -0.398 e. The molecular formula is C14H20N4OS. The molecule has 2 aliphatic rings. The summed E-state index contributed by atoms with van der Waals surface area (Å²) >= 11 is 1.90. The molecule has 0 aromatic heterocycles. The van der Waals surface area contributed by atoms with E-state index < -0.39 is 0 Å². The molecule has 1 aromatic carbocycles. The predicted octanol–water partition coefficient (Wildman–Crippen LogP) is 1.04. The summed E-state index contributed by atoms with van der Waals surface area (Å²) in [6.07, 6.45) is 1.31. The van der Waals surface area contributed by atoms with Crippen LogP contribution in [-0.4, -0.2) is 48.8 Å². The van der Waals surface area contributed by atoms with Gasteiger partial charge in [-0.15, -0.1) is 11.8 Å². The number of hydrogen-bond acceptors (Lipinski definition) is 6. The van der Waals surface area contributed by atoms with E-state index in [4.69, 9.17) is 21.6 Å². The Kier molecular flexibility index (Phi) is 3.72. The van der Waals surface area contributed by atoms with E-state index in [0.29, 0.717) is 17.5 Å². The fourth-order valence-corrected chi connectivity index (χ4v) is 4.28. The molecule has 0 bridgehead atoms. The van der Waals surface area contributed by atoms with E-state index in [1.54, 1.807) is 0 Å². The molecule has 108 valence electrons. The Bertz CT molecular complexity index is 518. The summed E-state index contributed by atoms with van der Waals surface area (Å²) in [6, 6.07) is 5.95. The highest BCUT2D eigenvalue weighted by molar-refractivity contribution is 8.08. The lowest BCUT2D eigenvalue weighted by atomic mass is 10.0. The molecule has 0 radical (unpaired) electrons. The van der Waals surface area contributed by atoms with Crippen LogP contribution in [0.1, 0.15) is 16.4 Å². The van der Waals surface area contributed by atoms with Crippen LogP contribution >= 0.6 is 11.8 Å². The number of morpholine rings is 1. The third-order valence-corrected chi connectivity index (χ3v) is 5.79. The molecule has 5 nitrogen and oxygen atoms in total. The number of nitrogens with zero attached hydrogens (tertiary/aromatic N) is 1. The second kappa shape index (κ2) is 5.37. The third kappa shape index (κ3) is 2.22. The SMILES string of the molecule is N=Cc1cc(C2SC2(CN)N2CCOCC2)ccc1N. The molecule has 0 aliphatic carbocycles. The Morgan fingerprint density at radius 3 is 2.85 bits per heavy atom. The molecule has 0 spiro atoms. The monoisotopic (exact) mass is 292 g/mol. The van der Waals surface area contributed by atoms with Gasteiger partial charge in [-0.25, -0.2) is 0 Å². The second-order valence-corrected chi connectivity index (χ2v) is 6.59. The van der Waals surface area contributed by atoms with Gasteiger partial charge in [0.1, 0.15) is 0 Å². The maximum atomic E-state index is 7.42. The van der Waals surface area contributed by atoms with Gasteiger partial charge < -0.3 is 21.6 Å².